The first-order valence-electron chi connectivity index (χ1n) is 11.4. The van der Waals surface area contributed by atoms with Crippen molar-refractivity contribution < 1.29 is 24.2 Å². The van der Waals surface area contributed by atoms with Gasteiger partial charge in [-0.2, -0.15) is 0 Å². The van der Waals surface area contributed by atoms with Gasteiger partial charge in [-0.15, -0.1) is 0 Å². The van der Waals surface area contributed by atoms with Crippen molar-refractivity contribution in [3.05, 3.63) is 12.2 Å². The van der Waals surface area contributed by atoms with Crippen molar-refractivity contribution in [2.45, 2.75) is 90.1 Å². The zero-order chi connectivity index (χ0) is 21.7. The van der Waals surface area contributed by atoms with Gasteiger partial charge in [-0.3, -0.25) is 4.79 Å². The molecule has 0 aromatic rings. The van der Waals surface area contributed by atoms with Gasteiger partial charge in [-0.1, -0.05) is 51.2 Å². The molecule has 1 rings (SSSR count). The normalized spacial score (nSPS) is 24.2. The average Bonchev–Trinajstić information content (AvgIpc) is 2.98. The number of Topliss-reactive ketones (excluding diaryl/α,β-unsaturated/α-hetero) is 1. The van der Waals surface area contributed by atoms with E-state index in [-0.39, 0.29) is 17.8 Å². The van der Waals surface area contributed by atoms with Crippen LogP contribution >= 0.6 is 0 Å². The Kier molecular flexibility index (Phi) is 12.4. The Morgan fingerprint density at radius 1 is 1.17 bits per heavy atom. The van der Waals surface area contributed by atoms with Crippen LogP contribution < -0.4 is 0 Å². The van der Waals surface area contributed by atoms with E-state index in [0.717, 1.165) is 32.1 Å². The van der Waals surface area contributed by atoms with Crippen molar-refractivity contribution >= 4 is 11.8 Å². The maximum atomic E-state index is 12.6. The fourth-order valence-corrected chi connectivity index (χ4v) is 4.39. The third-order valence-corrected chi connectivity index (χ3v) is 6.15. The van der Waals surface area contributed by atoms with Gasteiger partial charge < -0.3 is 14.6 Å². The van der Waals surface area contributed by atoms with Crippen molar-refractivity contribution in [2.75, 3.05) is 20.8 Å². The Morgan fingerprint density at radius 2 is 1.90 bits per heavy atom. The summed E-state index contributed by atoms with van der Waals surface area (Å²) in [6.45, 7) is 4.35. The number of carbonyl (C=O) groups is 2. The minimum atomic E-state index is -1.43. The molecule has 0 aromatic heterocycles. The summed E-state index contributed by atoms with van der Waals surface area (Å²) >= 11 is 0. The number of allylic oxidation sites excluding steroid dienone is 2. The highest BCUT2D eigenvalue weighted by molar-refractivity contribution is 5.84. The summed E-state index contributed by atoms with van der Waals surface area (Å²) in [6.07, 6.45) is 15.0. The number of hydrogen-bond donors (Lipinski definition) is 1. The van der Waals surface area contributed by atoms with E-state index in [1.165, 1.54) is 39.7 Å². The van der Waals surface area contributed by atoms with E-state index < -0.39 is 11.6 Å². The molecule has 29 heavy (non-hydrogen) atoms. The molecule has 0 spiro atoms. The Labute approximate surface area is 177 Å². The number of carbonyl (C=O) groups excluding carboxylic acids is 2. The molecule has 0 aliphatic heterocycles. The van der Waals surface area contributed by atoms with Gasteiger partial charge in [-0.05, 0) is 50.9 Å². The van der Waals surface area contributed by atoms with E-state index in [2.05, 4.69) is 23.8 Å². The van der Waals surface area contributed by atoms with Crippen LogP contribution in [0.5, 0.6) is 0 Å². The first-order chi connectivity index (χ1) is 13.9. The van der Waals surface area contributed by atoms with E-state index in [0.29, 0.717) is 25.2 Å². The third-order valence-electron chi connectivity index (χ3n) is 6.15. The maximum absolute atomic E-state index is 12.6. The number of rotatable bonds is 15. The summed E-state index contributed by atoms with van der Waals surface area (Å²) in [5.74, 6) is 0.392. The second kappa shape index (κ2) is 13.9. The van der Waals surface area contributed by atoms with Crippen LogP contribution in [0.15, 0.2) is 12.2 Å². The predicted octanol–water partition coefficient (Wildman–Crippen LogP) is 4.86. The lowest BCUT2D eigenvalue weighted by Crippen LogP contribution is -2.36. The van der Waals surface area contributed by atoms with Gasteiger partial charge in [-0.25, -0.2) is 4.79 Å². The van der Waals surface area contributed by atoms with Crippen molar-refractivity contribution in [2.24, 2.45) is 17.8 Å². The third kappa shape index (κ3) is 9.00. The second-order valence-electron chi connectivity index (χ2n) is 8.71. The smallest absolute Gasteiger partial charge is 0.337 e. The van der Waals surface area contributed by atoms with Crippen molar-refractivity contribution in [3.8, 4) is 0 Å². The largest absolute Gasteiger partial charge is 0.467 e. The minimum absolute atomic E-state index is 0.0724. The summed E-state index contributed by atoms with van der Waals surface area (Å²) in [5, 5.41) is 10.1. The summed E-state index contributed by atoms with van der Waals surface area (Å²) in [6, 6.07) is 0. The molecule has 0 aromatic carbocycles. The monoisotopic (exact) mass is 410 g/mol. The molecule has 1 saturated carbocycles. The number of unbranched alkanes of at least 4 members (excludes halogenated alkanes) is 6. The summed E-state index contributed by atoms with van der Waals surface area (Å²) < 4.78 is 10.00. The Hall–Kier alpha value is -1.20. The first kappa shape index (κ1) is 25.8. The van der Waals surface area contributed by atoms with Crippen molar-refractivity contribution in [1.29, 1.82) is 0 Å². The molecule has 0 saturated heterocycles. The van der Waals surface area contributed by atoms with Crippen LogP contribution in [0.25, 0.3) is 0 Å². The number of methoxy groups -OCH3 is 2. The van der Waals surface area contributed by atoms with E-state index in [9.17, 15) is 14.7 Å². The van der Waals surface area contributed by atoms with Crippen LogP contribution in [-0.4, -0.2) is 43.3 Å². The Bertz CT molecular complexity index is 511. The van der Waals surface area contributed by atoms with Crippen molar-refractivity contribution in [3.63, 3.8) is 0 Å². The van der Waals surface area contributed by atoms with Gasteiger partial charge in [0.25, 0.3) is 0 Å². The number of aliphatic hydroxyl groups is 1. The first-order valence-corrected chi connectivity index (χ1v) is 11.4. The molecule has 1 aliphatic carbocycles. The number of hydrogen-bond acceptors (Lipinski definition) is 5. The van der Waals surface area contributed by atoms with Crippen LogP contribution in [0, 0.1) is 17.8 Å². The van der Waals surface area contributed by atoms with Crippen LogP contribution in [0.4, 0.5) is 0 Å². The van der Waals surface area contributed by atoms with E-state index in [1.54, 1.807) is 7.11 Å². The highest BCUT2D eigenvalue weighted by atomic mass is 16.5. The van der Waals surface area contributed by atoms with Crippen LogP contribution in [-0.2, 0) is 19.1 Å². The molecule has 168 valence electrons. The molecule has 5 nitrogen and oxygen atoms in total. The fourth-order valence-electron chi connectivity index (χ4n) is 4.39. The molecular formula is C24H42O5. The topological polar surface area (TPSA) is 72.8 Å². The molecule has 0 bridgehead atoms. The summed E-state index contributed by atoms with van der Waals surface area (Å²) in [7, 11) is 2.99. The molecule has 5 heteroatoms. The number of ketones is 1. The van der Waals surface area contributed by atoms with E-state index in [1.807, 2.05) is 0 Å². The highest BCUT2D eigenvalue weighted by Gasteiger charge is 2.40. The average molecular weight is 411 g/mol. The summed E-state index contributed by atoms with van der Waals surface area (Å²) in [4.78, 5) is 24.1. The Balaban J connectivity index is 2.49. The molecule has 1 N–H and O–H groups in total. The zero-order valence-electron chi connectivity index (χ0n) is 19.0. The SMILES string of the molecule is CCCCCCC=C[C@H]1[C@H](COC)CC(=O)[C@@H]1CCCCCC(C)(O)C(=O)OC. The summed E-state index contributed by atoms with van der Waals surface area (Å²) in [5.41, 5.74) is -1.43. The van der Waals surface area contributed by atoms with Crippen molar-refractivity contribution in [1.82, 2.24) is 0 Å². The van der Waals surface area contributed by atoms with Gasteiger partial charge >= 0.3 is 5.97 Å². The van der Waals surface area contributed by atoms with Crippen LogP contribution in [0.3, 0.4) is 0 Å². The zero-order valence-corrected chi connectivity index (χ0v) is 19.0. The molecule has 0 amide bonds. The molecular weight excluding hydrogens is 368 g/mol. The molecule has 1 unspecified atom stereocenters. The Morgan fingerprint density at radius 3 is 2.55 bits per heavy atom. The standard InChI is InChI=1S/C24H42O5/c1-5-6-7-8-9-11-14-20-19(18-28-3)17-22(25)21(20)15-12-10-13-16-24(2,27)23(26)29-4/h11,14,19-21,27H,5-10,12-13,15-18H2,1-4H3/t19-,20-,21+,24?/m0/s1. The molecule has 0 heterocycles. The molecule has 1 aliphatic rings. The quantitative estimate of drug-likeness (QED) is 0.237. The lowest BCUT2D eigenvalue weighted by atomic mass is 9.85. The predicted molar refractivity (Wildman–Crippen MR) is 116 cm³/mol. The lowest BCUT2D eigenvalue weighted by molar-refractivity contribution is -0.161. The highest BCUT2D eigenvalue weighted by Crippen LogP contribution is 2.39. The minimum Gasteiger partial charge on any atom is -0.467 e. The second-order valence-corrected chi connectivity index (χ2v) is 8.71. The van der Waals surface area contributed by atoms with Crippen LogP contribution in [0.1, 0.15) is 84.5 Å². The molecule has 0 radical (unpaired) electrons. The van der Waals surface area contributed by atoms with E-state index >= 15 is 0 Å². The molecule has 4 atom stereocenters. The maximum Gasteiger partial charge on any atom is 0.337 e. The van der Waals surface area contributed by atoms with Crippen LogP contribution in [0.2, 0.25) is 0 Å². The van der Waals surface area contributed by atoms with E-state index in [4.69, 9.17) is 4.74 Å². The van der Waals surface area contributed by atoms with Gasteiger partial charge in [0, 0.05) is 19.4 Å². The fraction of sp³-hybridized carbons (Fsp3) is 0.833. The lowest BCUT2D eigenvalue weighted by Gasteiger charge is -2.21. The van der Waals surface area contributed by atoms with Gasteiger partial charge in [0.2, 0.25) is 0 Å². The van der Waals surface area contributed by atoms with Gasteiger partial charge in [0.05, 0.1) is 13.7 Å². The number of ether oxygens (including phenoxy) is 2. The van der Waals surface area contributed by atoms with Gasteiger partial charge in [0.1, 0.15) is 5.78 Å². The number of esters is 1. The van der Waals surface area contributed by atoms with Gasteiger partial charge in [0.15, 0.2) is 5.60 Å². The molecule has 1 fully saturated rings.